The van der Waals surface area contributed by atoms with Gasteiger partial charge in [0.25, 0.3) is 0 Å². The van der Waals surface area contributed by atoms with E-state index in [4.69, 9.17) is 0 Å². The van der Waals surface area contributed by atoms with Crippen molar-refractivity contribution in [2.75, 3.05) is 0 Å². The minimum absolute atomic E-state index is 0.562. The highest BCUT2D eigenvalue weighted by Crippen LogP contribution is 2.35. The number of rotatable bonds is 3. The molecule has 14 heavy (non-hydrogen) atoms. The Bertz CT molecular complexity index is 172. The van der Waals surface area contributed by atoms with Crippen molar-refractivity contribution in [3.05, 3.63) is 0 Å². The normalized spacial score (nSPS) is 29.1. The molecule has 1 aliphatic rings. The monoisotopic (exact) mass is 197 g/mol. The van der Waals surface area contributed by atoms with Crippen LogP contribution in [-0.2, 0) is 0 Å². The van der Waals surface area contributed by atoms with Crippen molar-refractivity contribution in [1.29, 1.82) is 0 Å². The Labute approximate surface area is 89.7 Å². The molecule has 1 heteroatoms. The van der Waals surface area contributed by atoms with E-state index in [0.29, 0.717) is 11.5 Å². The molecule has 0 amide bonds. The summed E-state index contributed by atoms with van der Waals surface area (Å²) < 4.78 is 0. The first-order valence-electron chi connectivity index (χ1n) is 6.17. The first kappa shape index (κ1) is 12.0. The Balaban J connectivity index is 2.38. The van der Waals surface area contributed by atoms with Crippen LogP contribution in [0.3, 0.4) is 0 Å². The second kappa shape index (κ2) is 4.65. The summed E-state index contributed by atoms with van der Waals surface area (Å²) in [7, 11) is 0. The molecule has 0 aromatic carbocycles. The standard InChI is InChI=1S/C13H27N/c1-10(2)11(3)14-12-7-6-8-13(4,5)9-12/h10-12,14H,6-9H2,1-5H3. The molecule has 0 aromatic heterocycles. The lowest BCUT2D eigenvalue weighted by Crippen LogP contribution is -2.43. The van der Waals surface area contributed by atoms with Gasteiger partial charge in [-0.3, -0.25) is 0 Å². The highest BCUT2D eigenvalue weighted by Gasteiger charge is 2.28. The van der Waals surface area contributed by atoms with Crippen LogP contribution in [0.2, 0.25) is 0 Å². The Morgan fingerprint density at radius 1 is 1.21 bits per heavy atom. The predicted octanol–water partition coefficient (Wildman–Crippen LogP) is 3.59. The maximum Gasteiger partial charge on any atom is 0.00747 e. The zero-order valence-corrected chi connectivity index (χ0v) is 10.6. The zero-order valence-electron chi connectivity index (χ0n) is 10.6. The van der Waals surface area contributed by atoms with Crippen LogP contribution in [0.5, 0.6) is 0 Å². The SMILES string of the molecule is CC(C)C(C)NC1CCCC(C)(C)C1. The minimum atomic E-state index is 0.562. The van der Waals surface area contributed by atoms with Gasteiger partial charge in [-0.05, 0) is 37.5 Å². The molecular weight excluding hydrogens is 170 g/mol. The van der Waals surface area contributed by atoms with Gasteiger partial charge in [0.05, 0.1) is 0 Å². The molecule has 1 nitrogen and oxygen atoms in total. The predicted molar refractivity (Wildman–Crippen MR) is 63.5 cm³/mol. The molecule has 0 saturated heterocycles. The summed E-state index contributed by atoms with van der Waals surface area (Å²) in [5.41, 5.74) is 0.562. The molecular formula is C13H27N. The van der Waals surface area contributed by atoms with Crippen molar-refractivity contribution >= 4 is 0 Å². The molecule has 1 rings (SSSR count). The average molecular weight is 197 g/mol. The van der Waals surface area contributed by atoms with Crippen LogP contribution >= 0.6 is 0 Å². The molecule has 0 aromatic rings. The Morgan fingerprint density at radius 3 is 2.36 bits per heavy atom. The quantitative estimate of drug-likeness (QED) is 0.729. The summed E-state index contributed by atoms with van der Waals surface area (Å²) in [4.78, 5) is 0. The molecule has 1 N–H and O–H groups in total. The second-order valence-corrected chi connectivity index (χ2v) is 6.16. The van der Waals surface area contributed by atoms with Gasteiger partial charge >= 0.3 is 0 Å². The third kappa shape index (κ3) is 3.61. The first-order valence-corrected chi connectivity index (χ1v) is 6.17. The fourth-order valence-electron chi connectivity index (χ4n) is 2.40. The number of hydrogen-bond acceptors (Lipinski definition) is 1. The Kier molecular flexibility index (Phi) is 4.00. The maximum atomic E-state index is 3.77. The lowest BCUT2D eigenvalue weighted by atomic mass is 9.75. The fourth-order valence-corrected chi connectivity index (χ4v) is 2.40. The van der Waals surface area contributed by atoms with Crippen LogP contribution < -0.4 is 5.32 Å². The van der Waals surface area contributed by atoms with E-state index in [0.717, 1.165) is 12.0 Å². The highest BCUT2D eigenvalue weighted by molar-refractivity contribution is 4.85. The van der Waals surface area contributed by atoms with Crippen LogP contribution in [-0.4, -0.2) is 12.1 Å². The van der Waals surface area contributed by atoms with E-state index < -0.39 is 0 Å². The Morgan fingerprint density at radius 2 is 1.86 bits per heavy atom. The van der Waals surface area contributed by atoms with E-state index in [1.54, 1.807) is 0 Å². The summed E-state index contributed by atoms with van der Waals surface area (Å²) >= 11 is 0. The summed E-state index contributed by atoms with van der Waals surface area (Å²) in [5.74, 6) is 0.750. The van der Waals surface area contributed by atoms with Crippen LogP contribution in [0.25, 0.3) is 0 Å². The highest BCUT2D eigenvalue weighted by atomic mass is 15.0. The molecule has 0 radical (unpaired) electrons. The topological polar surface area (TPSA) is 12.0 Å². The summed E-state index contributed by atoms with van der Waals surface area (Å²) in [6.07, 6.45) is 5.53. The van der Waals surface area contributed by atoms with Gasteiger partial charge < -0.3 is 5.32 Å². The molecule has 2 atom stereocenters. The molecule has 1 fully saturated rings. The molecule has 0 heterocycles. The second-order valence-electron chi connectivity index (χ2n) is 6.16. The van der Waals surface area contributed by atoms with Crippen LogP contribution in [0.15, 0.2) is 0 Å². The van der Waals surface area contributed by atoms with Crippen LogP contribution in [0, 0.1) is 11.3 Å². The summed E-state index contributed by atoms with van der Waals surface area (Å²) in [6.45, 7) is 11.7. The summed E-state index contributed by atoms with van der Waals surface area (Å²) in [6, 6.07) is 1.42. The Hall–Kier alpha value is -0.0400. The van der Waals surface area contributed by atoms with E-state index in [-0.39, 0.29) is 0 Å². The minimum Gasteiger partial charge on any atom is -0.311 e. The largest absolute Gasteiger partial charge is 0.311 e. The number of nitrogens with one attached hydrogen (secondary N) is 1. The molecule has 1 aliphatic carbocycles. The van der Waals surface area contributed by atoms with Gasteiger partial charge in [0.2, 0.25) is 0 Å². The lowest BCUT2D eigenvalue weighted by molar-refractivity contribution is 0.183. The zero-order chi connectivity index (χ0) is 10.8. The van der Waals surface area contributed by atoms with Crippen molar-refractivity contribution in [2.45, 2.75) is 72.4 Å². The molecule has 2 unspecified atom stereocenters. The van der Waals surface area contributed by atoms with Crippen molar-refractivity contribution in [2.24, 2.45) is 11.3 Å². The fraction of sp³-hybridized carbons (Fsp3) is 1.00. The molecule has 0 spiro atoms. The molecule has 0 aliphatic heterocycles. The van der Waals surface area contributed by atoms with Gasteiger partial charge in [-0.25, -0.2) is 0 Å². The molecule has 1 saturated carbocycles. The van der Waals surface area contributed by atoms with Crippen molar-refractivity contribution in [1.82, 2.24) is 5.32 Å². The third-order valence-corrected chi connectivity index (χ3v) is 3.70. The van der Waals surface area contributed by atoms with Gasteiger partial charge in [-0.2, -0.15) is 0 Å². The van der Waals surface area contributed by atoms with Gasteiger partial charge in [0.15, 0.2) is 0 Å². The molecule has 0 bridgehead atoms. The lowest BCUT2D eigenvalue weighted by Gasteiger charge is -2.37. The first-order chi connectivity index (χ1) is 6.41. The van der Waals surface area contributed by atoms with Gasteiger partial charge in [0, 0.05) is 12.1 Å². The van der Waals surface area contributed by atoms with Gasteiger partial charge in [-0.15, -0.1) is 0 Å². The van der Waals surface area contributed by atoms with E-state index >= 15 is 0 Å². The van der Waals surface area contributed by atoms with Crippen LogP contribution in [0.4, 0.5) is 0 Å². The third-order valence-electron chi connectivity index (χ3n) is 3.70. The maximum absolute atomic E-state index is 3.77. The van der Waals surface area contributed by atoms with Gasteiger partial charge in [0.1, 0.15) is 0 Å². The molecule has 84 valence electrons. The average Bonchev–Trinajstić information content (AvgIpc) is 2.01. The number of hydrogen-bond donors (Lipinski definition) is 1. The van der Waals surface area contributed by atoms with Crippen molar-refractivity contribution in [3.8, 4) is 0 Å². The van der Waals surface area contributed by atoms with Crippen molar-refractivity contribution in [3.63, 3.8) is 0 Å². The van der Waals surface area contributed by atoms with Crippen LogP contribution in [0.1, 0.15) is 60.3 Å². The van der Waals surface area contributed by atoms with E-state index in [9.17, 15) is 0 Å². The van der Waals surface area contributed by atoms with E-state index in [1.165, 1.54) is 25.7 Å². The smallest absolute Gasteiger partial charge is 0.00747 e. The summed E-state index contributed by atoms with van der Waals surface area (Å²) in [5, 5.41) is 3.77. The van der Waals surface area contributed by atoms with Crippen molar-refractivity contribution < 1.29 is 0 Å². The van der Waals surface area contributed by atoms with E-state index in [1.807, 2.05) is 0 Å². The van der Waals surface area contributed by atoms with Gasteiger partial charge in [-0.1, -0.05) is 34.1 Å². The van der Waals surface area contributed by atoms with E-state index in [2.05, 4.69) is 39.9 Å².